The lowest BCUT2D eigenvalue weighted by molar-refractivity contribution is -0.124. The third-order valence-corrected chi connectivity index (χ3v) is 8.11. The Hall–Kier alpha value is -2.01. The highest BCUT2D eigenvalue weighted by atomic mass is 32.2. The number of hydrogen-bond acceptors (Lipinski definition) is 5. The van der Waals surface area contributed by atoms with E-state index in [0.717, 1.165) is 41.3 Å². The number of methoxy groups -OCH3 is 1. The maximum absolute atomic E-state index is 12.6. The normalized spacial score (nSPS) is 31.0. The Balaban J connectivity index is 1.25. The zero-order chi connectivity index (χ0) is 18.4. The number of imidazole rings is 1. The number of aromatic amines is 1. The van der Waals surface area contributed by atoms with Gasteiger partial charge in [-0.05, 0) is 25.3 Å². The lowest BCUT2D eigenvalue weighted by atomic mass is 9.44. The van der Waals surface area contributed by atoms with Crippen molar-refractivity contribution in [3.8, 4) is 0 Å². The first-order valence-electron chi connectivity index (χ1n) is 9.05. The number of fused-ring (bicyclic) bond motifs is 3. The van der Waals surface area contributed by atoms with Crippen LogP contribution >= 0.6 is 0 Å². The van der Waals surface area contributed by atoms with Crippen LogP contribution in [-0.4, -0.2) is 64.1 Å². The molecule has 0 atom stereocenters. The van der Waals surface area contributed by atoms with Crippen molar-refractivity contribution in [2.45, 2.75) is 36.4 Å². The summed E-state index contributed by atoms with van der Waals surface area (Å²) in [5, 5.41) is 1.05. The molecule has 0 aromatic carbocycles. The summed E-state index contributed by atoms with van der Waals surface area (Å²) in [5.74, 6) is 0. The van der Waals surface area contributed by atoms with Gasteiger partial charge in [-0.2, -0.15) is 17.4 Å². The summed E-state index contributed by atoms with van der Waals surface area (Å²) in [5.41, 5.74) is 2.41. The molecule has 0 amide bonds. The van der Waals surface area contributed by atoms with Crippen molar-refractivity contribution in [2.24, 2.45) is 0 Å². The molecule has 1 aliphatic heterocycles. The van der Waals surface area contributed by atoms with E-state index in [9.17, 15) is 8.42 Å². The maximum atomic E-state index is 12.6. The van der Waals surface area contributed by atoms with E-state index >= 15 is 0 Å². The summed E-state index contributed by atoms with van der Waals surface area (Å²) < 4.78 is 36.9. The van der Waals surface area contributed by atoms with Gasteiger partial charge in [0.25, 0.3) is 10.2 Å². The molecule has 10 heteroatoms. The predicted octanol–water partition coefficient (Wildman–Crippen LogP) is 0.709. The fraction of sp³-hybridized carbons (Fsp3) is 0.529. The standard InChI is InChI=1S/C17H20N6O3S/c1-26-11-5-22(6-11)27(24,25)21-16-7-17(8-16,9-16)23-10-20-13-4-19-15-12(14(13)23)2-3-18-15/h2-4,10-11,21H,5-9H2,1H3,(H,18,19). The molecule has 3 saturated carbocycles. The van der Waals surface area contributed by atoms with Crippen LogP contribution < -0.4 is 4.72 Å². The number of ether oxygens (including phenoxy) is 1. The first-order chi connectivity index (χ1) is 12.9. The van der Waals surface area contributed by atoms with E-state index in [0.29, 0.717) is 13.1 Å². The van der Waals surface area contributed by atoms with Crippen LogP contribution in [0.1, 0.15) is 19.3 Å². The van der Waals surface area contributed by atoms with Gasteiger partial charge in [-0.25, -0.2) is 9.97 Å². The molecule has 0 unspecified atom stereocenters. The largest absolute Gasteiger partial charge is 0.379 e. The van der Waals surface area contributed by atoms with Crippen LogP contribution in [-0.2, 0) is 20.5 Å². The SMILES string of the molecule is COC1CN(S(=O)(=O)NC23CC(n4cnc5cnc6[nH]ccc6c54)(C2)C3)C1. The number of H-pyrrole nitrogens is 1. The van der Waals surface area contributed by atoms with Crippen LogP contribution in [0.4, 0.5) is 0 Å². The second kappa shape index (κ2) is 4.88. The van der Waals surface area contributed by atoms with Crippen LogP contribution in [0.5, 0.6) is 0 Å². The van der Waals surface area contributed by atoms with Gasteiger partial charge in [-0.15, -0.1) is 0 Å². The number of aromatic nitrogens is 4. The first kappa shape index (κ1) is 16.0. The Bertz CT molecular complexity index is 1160. The fourth-order valence-corrected chi connectivity index (χ4v) is 6.67. The quantitative estimate of drug-likeness (QED) is 0.670. The van der Waals surface area contributed by atoms with E-state index in [1.54, 1.807) is 13.3 Å². The summed E-state index contributed by atoms with van der Waals surface area (Å²) in [6, 6.07) is 2.02. The minimum absolute atomic E-state index is 0.00984. The van der Waals surface area contributed by atoms with Gasteiger partial charge in [0.2, 0.25) is 0 Å². The van der Waals surface area contributed by atoms with Crippen molar-refractivity contribution in [3.05, 3.63) is 24.8 Å². The average Bonchev–Trinajstić information content (AvgIpc) is 3.14. The number of nitrogens with one attached hydrogen (secondary N) is 2. The molecule has 3 aromatic rings. The molecule has 27 heavy (non-hydrogen) atoms. The summed E-state index contributed by atoms with van der Waals surface area (Å²) in [6.07, 6.45) is 7.92. The van der Waals surface area contributed by atoms with Crippen LogP contribution in [0, 0.1) is 0 Å². The zero-order valence-corrected chi connectivity index (χ0v) is 15.7. The Morgan fingerprint density at radius 3 is 2.81 bits per heavy atom. The Kier molecular flexibility index (Phi) is 2.89. The van der Waals surface area contributed by atoms with Gasteiger partial charge >= 0.3 is 0 Å². The van der Waals surface area contributed by atoms with Gasteiger partial charge in [0.05, 0.1) is 29.7 Å². The van der Waals surface area contributed by atoms with Crippen LogP contribution in [0.25, 0.3) is 22.1 Å². The predicted molar refractivity (Wildman–Crippen MR) is 98.4 cm³/mol. The molecule has 0 radical (unpaired) electrons. The molecule has 9 nitrogen and oxygen atoms in total. The molecule has 2 bridgehead atoms. The van der Waals surface area contributed by atoms with E-state index in [2.05, 4.69) is 24.2 Å². The van der Waals surface area contributed by atoms with Crippen LogP contribution in [0.3, 0.4) is 0 Å². The molecule has 3 aromatic heterocycles. The molecule has 4 aliphatic rings. The summed E-state index contributed by atoms with van der Waals surface area (Å²) in [6.45, 7) is 0.857. The summed E-state index contributed by atoms with van der Waals surface area (Å²) in [4.78, 5) is 12.0. The molecule has 4 fully saturated rings. The van der Waals surface area contributed by atoms with E-state index in [1.807, 2.05) is 18.6 Å². The second-order valence-corrected chi connectivity index (χ2v) is 9.83. The number of pyridine rings is 1. The lowest BCUT2D eigenvalue weighted by Gasteiger charge is -2.70. The molecule has 4 heterocycles. The minimum Gasteiger partial charge on any atom is -0.379 e. The van der Waals surface area contributed by atoms with Gasteiger partial charge in [0.15, 0.2) is 0 Å². The van der Waals surface area contributed by atoms with Crippen molar-refractivity contribution in [1.29, 1.82) is 0 Å². The monoisotopic (exact) mass is 388 g/mol. The van der Waals surface area contributed by atoms with Gasteiger partial charge in [-0.1, -0.05) is 0 Å². The fourth-order valence-electron chi connectivity index (χ4n) is 5.05. The molecular weight excluding hydrogens is 368 g/mol. The smallest absolute Gasteiger partial charge is 0.280 e. The summed E-state index contributed by atoms with van der Waals surface area (Å²) in [7, 11) is -1.84. The highest BCUT2D eigenvalue weighted by molar-refractivity contribution is 7.87. The van der Waals surface area contributed by atoms with Crippen molar-refractivity contribution in [1.82, 2.24) is 28.5 Å². The van der Waals surface area contributed by atoms with Crippen molar-refractivity contribution in [2.75, 3.05) is 20.2 Å². The first-order valence-corrected chi connectivity index (χ1v) is 10.5. The van der Waals surface area contributed by atoms with Crippen LogP contribution in [0.2, 0.25) is 0 Å². The molecule has 3 aliphatic carbocycles. The Morgan fingerprint density at radius 1 is 1.30 bits per heavy atom. The topological polar surface area (TPSA) is 105 Å². The highest BCUT2D eigenvalue weighted by Crippen LogP contribution is 2.66. The van der Waals surface area contributed by atoms with Crippen molar-refractivity contribution >= 4 is 32.3 Å². The number of rotatable bonds is 5. The van der Waals surface area contributed by atoms with Gasteiger partial charge in [0, 0.05) is 37.3 Å². The molecule has 0 spiro atoms. The zero-order valence-electron chi connectivity index (χ0n) is 14.8. The molecular formula is C17H20N6O3S. The van der Waals surface area contributed by atoms with Crippen molar-refractivity contribution < 1.29 is 13.2 Å². The van der Waals surface area contributed by atoms with E-state index in [1.165, 1.54) is 4.31 Å². The molecule has 1 saturated heterocycles. The number of nitrogens with zero attached hydrogens (tertiary/aromatic N) is 4. The maximum Gasteiger partial charge on any atom is 0.280 e. The second-order valence-electron chi connectivity index (χ2n) is 8.16. The molecule has 142 valence electrons. The Labute approximate surface area is 155 Å². The lowest BCUT2D eigenvalue weighted by Crippen LogP contribution is -2.79. The van der Waals surface area contributed by atoms with Gasteiger partial charge < -0.3 is 14.3 Å². The van der Waals surface area contributed by atoms with Crippen molar-refractivity contribution in [3.63, 3.8) is 0 Å². The minimum atomic E-state index is -3.45. The molecule has 2 N–H and O–H groups in total. The van der Waals surface area contributed by atoms with E-state index in [-0.39, 0.29) is 17.2 Å². The third kappa shape index (κ3) is 2.01. The van der Waals surface area contributed by atoms with Crippen LogP contribution in [0.15, 0.2) is 24.8 Å². The van der Waals surface area contributed by atoms with E-state index in [4.69, 9.17) is 4.74 Å². The Morgan fingerprint density at radius 2 is 2.07 bits per heavy atom. The number of hydrogen-bond donors (Lipinski definition) is 2. The third-order valence-electron chi connectivity index (χ3n) is 6.44. The van der Waals surface area contributed by atoms with Gasteiger partial charge in [0.1, 0.15) is 11.2 Å². The van der Waals surface area contributed by atoms with E-state index < -0.39 is 10.2 Å². The highest BCUT2D eigenvalue weighted by Gasteiger charge is 2.71. The van der Waals surface area contributed by atoms with Gasteiger partial charge in [-0.3, -0.25) is 0 Å². The molecule has 7 rings (SSSR count). The summed E-state index contributed by atoms with van der Waals surface area (Å²) >= 11 is 0. The average molecular weight is 388 g/mol.